The third-order valence-electron chi connectivity index (χ3n) is 6.96. The molecule has 5 rings (SSSR count). The van der Waals surface area contributed by atoms with Crippen LogP contribution in [0.1, 0.15) is 57.8 Å². The van der Waals surface area contributed by atoms with Gasteiger partial charge in [-0.05, 0) is 68.6 Å². The van der Waals surface area contributed by atoms with Crippen molar-refractivity contribution in [2.24, 2.45) is 34.8 Å². The van der Waals surface area contributed by atoms with Crippen LogP contribution in [0.2, 0.25) is 0 Å². The van der Waals surface area contributed by atoms with E-state index in [4.69, 9.17) is 5.73 Å². The molecule has 1 amide bonds. The molecule has 0 saturated heterocycles. The first-order valence-electron chi connectivity index (χ1n) is 8.71. The smallest absolute Gasteiger partial charge is 0.227 e. The number of carbonyl (C=O) groups is 1. The number of nitrogens with one attached hydrogen (secondary N) is 1. The number of carbonyl (C=O) groups excluding carboxylic acids is 1. The lowest BCUT2D eigenvalue weighted by Crippen LogP contribution is -2.58. The normalized spacial score (nSPS) is 44.8. The molecule has 112 valence electrons. The van der Waals surface area contributed by atoms with Gasteiger partial charge in [-0.25, -0.2) is 0 Å². The highest BCUT2D eigenvalue weighted by atomic mass is 16.2. The first kappa shape index (κ1) is 13.1. The Balaban J connectivity index is 1.47. The maximum absolute atomic E-state index is 12.8. The fourth-order valence-corrected chi connectivity index (χ4v) is 6.04. The van der Waals surface area contributed by atoms with Crippen molar-refractivity contribution < 1.29 is 4.79 Å². The molecular formula is C17H28N2O. The van der Waals surface area contributed by atoms with Crippen LogP contribution >= 0.6 is 0 Å². The van der Waals surface area contributed by atoms with E-state index < -0.39 is 0 Å². The second-order valence-electron chi connectivity index (χ2n) is 8.12. The Kier molecular flexibility index (Phi) is 3.10. The first-order chi connectivity index (χ1) is 9.70. The molecule has 0 aromatic rings. The van der Waals surface area contributed by atoms with Crippen molar-refractivity contribution in [1.29, 1.82) is 0 Å². The second kappa shape index (κ2) is 4.72. The fourth-order valence-electron chi connectivity index (χ4n) is 6.04. The first-order valence-corrected chi connectivity index (χ1v) is 8.71. The van der Waals surface area contributed by atoms with Crippen LogP contribution in [0.15, 0.2) is 0 Å². The van der Waals surface area contributed by atoms with Crippen molar-refractivity contribution in [2.45, 2.75) is 63.8 Å². The number of hydrogen-bond donors (Lipinski definition) is 2. The molecule has 5 aliphatic carbocycles. The molecule has 0 spiro atoms. The van der Waals surface area contributed by atoms with Crippen LogP contribution < -0.4 is 11.1 Å². The lowest BCUT2D eigenvalue weighted by Gasteiger charge is -2.54. The molecule has 5 aliphatic rings. The summed E-state index contributed by atoms with van der Waals surface area (Å²) in [5.74, 6) is 3.77. The lowest BCUT2D eigenvalue weighted by atomic mass is 9.54. The Morgan fingerprint density at radius 1 is 1.00 bits per heavy atom. The molecule has 0 unspecified atom stereocenters. The summed E-state index contributed by atoms with van der Waals surface area (Å²) in [5, 5.41) is 3.48. The summed E-state index contributed by atoms with van der Waals surface area (Å²) < 4.78 is 0. The highest BCUT2D eigenvalue weighted by Crippen LogP contribution is 2.54. The van der Waals surface area contributed by atoms with E-state index in [9.17, 15) is 4.79 Å². The van der Waals surface area contributed by atoms with Gasteiger partial charge in [0, 0.05) is 12.6 Å². The maximum Gasteiger partial charge on any atom is 0.227 e. The molecule has 0 radical (unpaired) electrons. The van der Waals surface area contributed by atoms with E-state index in [-0.39, 0.29) is 11.3 Å². The van der Waals surface area contributed by atoms with E-state index in [1.807, 2.05) is 0 Å². The second-order valence-corrected chi connectivity index (χ2v) is 8.12. The third-order valence-corrected chi connectivity index (χ3v) is 6.96. The Bertz CT molecular complexity index is 372. The van der Waals surface area contributed by atoms with E-state index in [2.05, 4.69) is 5.32 Å². The largest absolute Gasteiger partial charge is 0.352 e. The molecule has 20 heavy (non-hydrogen) atoms. The molecule has 3 nitrogen and oxygen atoms in total. The van der Waals surface area contributed by atoms with E-state index in [1.54, 1.807) is 0 Å². The van der Waals surface area contributed by atoms with E-state index in [1.165, 1.54) is 44.9 Å². The number of hydrogen-bond acceptors (Lipinski definition) is 2. The molecule has 0 atom stereocenters. The summed E-state index contributed by atoms with van der Waals surface area (Å²) in [6.45, 7) is 0.534. The molecule has 0 aromatic carbocycles. The highest BCUT2D eigenvalue weighted by Gasteiger charge is 2.50. The maximum atomic E-state index is 12.8. The Hall–Kier alpha value is -0.570. The summed E-state index contributed by atoms with van der Waals surface area (Å²) >= 11 is 0. The molecule has 0 aromatic heterocycles. The molecular weight excluding hydrogens is 248 g/mol. The van der Waals surface area contributed by atoms with Crippen LogP contribution in [0.5, 0.6) is 0 Å². The van der Waals surface area contributed by atoms with Gasteiger partial charge in [-0.1, -0.05) is 12.8 Å². The van der Waals surface area contributed by atoms with Crippen LogP contribution in [-0.4, -0.2) is 18.5 Å². The Morgan fingerprint density at radius 2 is 1.55 bits per heavy atom. The van der Waals surface area contributed by atoms with Crippen LogP contribution in [0, 0.1) is 29.1 Å². The van der Waals surface area contributed by atoms with Gasteiger partial charge < -0.3 is 11.1 Å². The standard InChI is InChI=1S/C17H28N2O/c18-10-17(3-1-2-4-17)16(20)19-15-13-6-11-5-12(8-13)9-14(15)7-11/h11-15H,1-10,18H2,(H,19,20). The summed E-state index contributed by atoms with van der Waals surface area (Å²) in [6, 6.07) is 0.472. The van der Waals surface area contributed by atoms with Gasteiger partial charge >= 0.3 is 0 Å². The van der Waals surface area contributed by atoms with E-state index >= 15 is 0 Å². The third kappa shape index (κ3) is 1.93. The predicted octanol–water partition coefficient (Wildman–Crippen LogP) is 2.45. The van der Waals surface area contributed by atoms with Gasteiger partial charge in [0.15, 0.2) is 0 Å². The van der Waals surface area contributed by atoms with Crippen molar-refractivity contribution in [1.82, 2.24) is 5.32 Å². The van der Waals surface area contributed by atoms with Gasteiger partial charge in [0.25, 0.3) is 0 Å². The van der Waals surface area contributed by atoms with Crippen molar-refractivity contribution in [3.63, 3.8) is 0 Å². The van der Waals surface area contributed by atoms with E-state index in [0.29, 0.717) is 12.6 Å². The summed E-state index contributed by atoms with van der Waals surface area (Å²) in [4.78, 5) is 12.8. The van der Waals surface area contributed by atoms with Crippen molar-refractivity contribution >= 4 is 5.91 Å². The van der Waals surface area contributed by atoms with Gasteiger partial charge in [-0.2, -0.15) is 0 Å². The Labute approximate surface area is 122 Å². The predicted molar refractivity (Wildman–Crippen MR) is 78.9 cm³/mol. The molecule has 3 heteroatoms. The van der Waals surface area contributed by atoms with Gasteiger partial charge in [0.1, 0.15) is 0 Å². The zero-order chi connectivity index (χ0) is 13.7. The SMILES string of the molecule is NCC1(C(=O)NC2C3CC4CC(C3)CC2C4)CCCC1. The summed E-state index contributed by atoms with van der Waals surface area (Å²) in [7, 11) is 0. The molecule has 4 bridgehead atoms. The van der Waals surface area contributed by atoms with Crippen molar-refractivity contribution in [3.8, 4) is 0 Å². The van der Waals surface area contributed by atoms with Gasteiger partial charge in [0.2, 0.25) is 5.91 Å². The number of nitrogens with two attached hydrogens (primary N) is 1. The zero-order valence-electron chi connectivity index (χ0n) is 12.4. The Morgan fingerprint density at radius 3 is 2.05 bits per heavy atom. The lowest BCUT2D eigenvalue weighted by molar-refractivity contribution is -0.134. The van der Waals surface area contributed by atoms with Crippen LogP contribution in [0.3, 0.4) is 0 Å². The minimum atomic E-state index is -0.228. The van der Waals surface area contributed by atoms with Gasteiger partial charge in [0.05, 0.1) is 5.41 Å². The minimum absolute atomic E-state index is 0.228. The summed E-state index contributed by atoms with van der Waals surface area (Å²) in [6.07, 6.45) is 11.3. The van der Waals surface area contributed by atoms with Crippen LogP contribution in [0.4, 0.5) is 0 Å². The van der Waals surface area contributed by atoms with Crippen LogP contribution in [0.25, 0.3) is 0 Å². The van der Waals surface area contributed by atoms with Gasteiger partial charge in [-0.3, -0.25) is 4.79 Å². The highest BCUT2D eigenvalue weighted by molar-refractivity contribution is 5.83. The monoisotopic (exact) mass is 276 g/mol. The van der Waals surface area contributed by atoms with Crippen molar-refractivity contribution in [2.75, 3.05) is 6.54 Å². The average Bonchev–Trinajstić information content (AvgIpc) is 2.92. The quantitative estimate of drug-likeness (QED) is 0.832. The summed E-state index contributed by atoms with van der Waals surface area (Å²) in [5.41, 5.74) is 5.73. The fraction of sp³-hybridized carbons (Fsp3) is 0.941. The van der Waals surface area contributed by atoms with Crippen LogP contribution in [-0.2, 0) is 4.79 Å². The number of amides is 1. The zero-order valence-corrected chi connectivity index (χ0v) is 12.4. The number of rotatable bonds is 3. The molecule has 3 N–H and O–H groups in total. The van der Waals surface area contributed by atoms with E-state index in [0.717, 1.165) is 36.5 Å². The topological polar surface area (TPSA) is 55.1 Å². The molecule has 5 saturated carbocycles. The van der Waals surface area contributed by atoms with Crippen molar-refractivity contribution in [3.05, 3.63) is 0 Å². The molecule has 0 heterocycles. The molecule has 0 aliphatic heterocycles. The average molecular weight is 276 g/mol. The molecule has 5 fully saturated rings. The van der Waals surface area contributed by atoms with Gasteiger partial charge in [-0.15, -0.1) is 0 Å². The minimum Gasteiger partial charge on any atom is -0.352 e.